The molecule has 0 spiro atoms. The van der Waals surface area contributed by atoms with E-state index in [9.17, 15) is 9.90 Å². The molecule has 2 aromatic rings. The Labute approximate surface area is 105 Å². The summed E-state index contributed by atoms with van der Waals surface area (Å²) in [6.45, 7) is 1.23. The third kappa shape index (κ3) is 2.43. The van der Waals surface area contributed by atoms with Gasteiger partial charge in [0.15, 0.2) is 5.60 Å². The first-order valence-electron chi connectivity index (χ1n) is 5.68. The monoisotopic (exact) mass is 245 g/mol. The first-order valence-corrected chi connectivity index (χ1v) is 5.68. The molecule has 2 rings (SSSR count). The second-order valence-electron chi connectivity index (χ2n) is 4.46. The minimum Gasteiger partial charge on any atom is -0.479 e. The summed E-state index contributed by atoms with van der Waals surface area (Å²) >= 11 is 0. The average Bonchev–Trinajstić information content (AvgIpc) is 2.36. The van der Waals surface area contributed by atoms with Crippen LogP contribution in [0.4, 0.5) is 5.69 Å². The highest BCUT2D eigenvalue weighted by atomic mass is 16.4. The van der Waals surface area contributed by atoms with Crippen LogP contribution in [0.2, 0.25) is 0 Å². The van der Waals surface area contributed by atoms with Gasteiger partial charge in [-0.25, -0.2) is 4.79 Å². The van der Waals surface area contributed by atoms with Crippen molar-refractivity contribution in [3.05, 3.63) is 42.5 Å². The molecule has 0 heterocycles. The number of rotatable bonds is 4. The van der Waals surface area contributed by atoms with E-state index < -0.39 is 11.6 Å². The van der Waals surface area contributed by atoms with E-state index in [1.165, 1.54) is 6.92 Å². The summed E-state index contributed by atoms with van der Waals surface area (Å²) in [5.74, 6) is -1.24. The molecule has 18 heavy (non-hydrogen) atoms. The topological polar surface area (TPSA) is 69.6 Å². The first-order chi connectivity index (χ1) is 8.50. The molecule has 0 amide bonds. The quantitative estimate of drug-likeness (QED) is 0.771. The number of anilines is 1. The minimum atomic E-state index is -1.78. The minimum absolute atomic E-state index is 0.0453. The van der Waals surface area contributed by atoms with Gasteiger partial charge in [-0.3, -0.25) is 0 Å². The van der Waals surface area contributed by atoms with Crippen molar-refractivity contribution in [2.24, 2.45) is 0 Å². The molecule has 1 unspecified atom stereocenters. The van der Waals surface area contributed by atoms with E-state index >= 15 is 0 Å². The molecular formula is C14H15NO3. The fourth-order valence-corrected chi connectivity index (χ4v) is 1.72. The van der Waals surface area contributed by atoms with Crippen LogP contribution in [0, 0.1) is 0 Å². The van der Waals surface area contributed by atoms with Gasteiger partial charge < -0.3 is 15.5 Å². The maximum absolute atomic E-state index is 10.8. The van der Waals surface area contributed by atoms with E-state index in [4.69, 9.17) is 5.11 Å². The number of aliphatic carboxylic acids is 1. The number of carboxylic acid groups (broad SMARTS) is 1. The lowest BCUT2D eigenvalue weighted by molar-refractivity contribution is -0.155. The van der Waals surface area contributed by atoms with Crippen LogP contribution in [0.15, 0.2) is 42.5 Å². The van der Waals surface area contributed by atoms with Crippen molar-refractivity contribution in [3.63, 3.8) is 0 Å². The zero-order valence-electron chi connectivity index (χ0n) is 10.1. The predicted octanol–water partition coefficient (Wildman–Crippen LogP) is 2.09. The summed E-state index contributed by atoms with van der Waals surface area (Å²) in [5, 5.41) is 23.6. The van der Waals surface area contributed by atoms with Crippen LogP contribution in [-0.4, -0.2) is 28.3 Å². The van der Waals surface area contributed by atoms with Crippen molar-refractivity contribution in [2.45, 2.75) is 12.5 Å². The molecule has 0 bridgehead atoms. The molecule has 0 saturated carbocycles. The first kappa shape index (κ1) is 12.4. The molecule has 3 N–H and O–H groups in total. The highest BCUT2D eigenvalue weighted by molar-refractivity contribution is 5.94. The molecule has 4 nitrogen and oxygen atoms in total. The van der Waals surface area contributed by atoms with Gasteiger partial charge in [0.05, 0.1) is 6.54 Å². The highest BCUT2D eigenvalue weighted by Crippen LogP contribution is 2.23. The lowest BCUT2D eigenvalue weighted by Gasteiger charge is -2.19. The molecular weight excluding hydrogens is 230 g/mol. The van der Waals surface area contributed by atoms with E-state index in [2.05, 4.69) is 5.32 Å². The van der Waals surface area contributed by atoms with Crippen molar-refractivity contribution in [2.75, 3.05) is 11.9 Å². The van der Waals surface area contributed by atoms with Gasteiger partial charge in [-0.15, -0.1) is 0 Å². The van der Waals surface area contributed by atoms with Gasteiger partial charge in [0.2, 0.25) is 0 Å². The number of aliphatic hydroxyl groups is 1. The maximum atomic E-state index is 10.8. The van der Waals surface area contributed by atoms with Crippen LogP contribution in [0.1, 0.15) is 6.92 Å². The molecule has 4 heteroatoms. The average molecular weight is 245 g/mol. The Morgan fingerprint density at radius 3 is 2.61 bits per heavy atom. The van der Waals surface area contributed by atoms with E-state index in [0.29, 0.717) is 0 Å². The summed E-state index contributed by atoms with van der Waals surface area (Å²) in [6, 6.07) is 13.5. The van der Waals surface area contributed by atoms with Crippen LogP contribution in [-0.2, 0) is 4.79 Å². The summed E-state index contributed by atoms with van der Waals surface area (Å²) in [7, 11) is 0. The number of nitrogens with one attached hydrogen (secondary N) is 1. The van der Waals surface area contributed by atoms with Crippen LogP contribution < -0.4 is 5.32 Å². The number of carbonyl (C=O) groups is 1. The van der Waals surface area contributed by atoms with E-state index in [1.54, 1.807) is 0 Å². The lowest BCUT2D eigenvalue weighted by atomic mass is 10.1. The summed E-state index contributed by atoms with van der Waals surface area (Å²) in [6.07, 6.45) is 0. The fourth-order valence-electron chi connectivity index (χ4n) is 1.72. The number of fused-ring (bicyclic) bond motifs is 1. The fraction of sp³-hybridized carbons (Fsp3) is 0.214. The van der Waals surface area contributed by atoms with Crippen molar-refractivity contribution in [1.29, 1.82) is 0 Å². The summed E-state index contributed by atoms with van der Waals surface area (Å²) < 4.78 is 0. The number of benzene rings is 2. The lowest BCUT2D eigenvalue weighted by Crippen LogP contribution is -2.41. The molecule has 0 aromatic heterocycles. The number of hydrogen-bond acceptors (Lipinski definition) is 3. The third-order valence-corrected chi connectivity index (χ3v) is 2.87. The number of hydrogen-bond donors (Lipinski definition) is 3. The smallest absolute Gasteiger partial charge is 0.337 e. The van der Waals surface area contributed by atoms with Gasteiger partial charge in [-0.2, -0.15) is 0 Å². The molecule has 0 aliphatic rings. The SMILES string of the molecule is CC(O)(CNc1cccc2ccccc12)C(=O)O. The van der Waals surface area contributed by atoms with Crippen molar-refractivity contribution >= 4 is 22.4 Å². The summed E-state index contributed by atoms with van der Waals surface area (Å²) in [5.41, 5.74) is -0.966. The Morgan fingerprint density at radius 2 is 1.89 bits per heavy atom. The predicted molar refractivity (Wildman–Crippen MR) is 70.7 cm³/mol. The van der Waals surface area contributed by atoms with E-state index in [-0.39, 0.29) is 6.54 Å². The zero-order chi connectivity index (χ0) is 13.2. The van der Waals surface area contributed by atoms with Gasteiger partial charge in [-0.05, 0) is 18.4 Å². The van der Waals surface area contributed by atoms with Gasteiger partial charge in [0.1, 0.15) is 0 Å². The van der Waals surface area contributed by atoms with Crippen molar-refractivity contribution in [3.8, 4) is 0 Å². The largest absolute Gasteiger partial charge is 0.479 e. The molecule has 0 saturated heterocycles. The third-order valence-electron chi connectivity index (χ3n) is 2.87. The molecule has 0 radical (unpaired) electrons. The molecule has 0 aliphatic heterocycles. The molecule has 0 aliphatic carbocycles. The normalized spacial score (nSPS) is 14.1. The molecule has 1 atom stereocenters. The molecule has 2 aromatic carbocycles. The van der Waals surface area contributed by atoms with Crippen molar-refractivity contribution in [1.82, 2.24) is 0 Å². The van der Waals surface area contributed by atoms with Gasteiger partial charge in [0.25, 0.3) is 0 Å². The summed E-state index contributed by atoms with van der Waals surface area (Å²) in [4.78, 5) is 10.8. The Hall–Kier alpha value is -2.07. The molecule has 0 fully saturated rings. The Kier molecular flexibility index (Phi) is 3.21. The van der Waals surface area contributed by atoms with Crippen molar-refractivity contribution < 1.29 is 15.0 Å². The Balaban J connectivity index is 2.25. The van der Waals surface area contributed by atoms with Gasteiger partial charge >= 0.3 is 5.97 Å². The number of carboxylic acids is 1. The van der Waals surface area contributed by atoms with Gasteiger partial charge in [-0.1, -0.05) is 36.4 Å². The van der Waals surface area contributed by atoms with Crippen LogP contribution in [0.3, 0.4) is 0 Å². The van der Waals surface area contributed by atoms with Gasteiger partial charge in [0, 0.05) is 11.1 Å². The van der Waals surface area contributed by atoms with Crippen LogP contribution in [0.25, 0.3) is 10.8 Å². The Morgan fingerprint density at radius 1 is 1.22 bits per heavy atom. The Bertz CT molecular complexity index is 573. The highest BCUT2D eigenvalue weighted by Gasteiger charge is 2.29. The maximum Gasteiger partial charge on any atom is 0.337 e. The van der Waals surface area contributed by atoms with Crippen LogP contribution in [0.5, 0.6) is 0 Å². The zero-order valence-corrected chi connectivity index (χ0v) is 10.1. The molecule has 94 valence electrons. The standard InChI is InChI=1S/C14H15NO3/c1-14(18,13(16)17)9-15-12-8-4-6-10-5-2-3-7-11(10)12/h2-8,15,18H,9H2,1H3,(H,16,17). The van der Waals surface area contributed by atoms with Crippen LogP contribution >= 0.6 is 0 Å². The second kappa shape index (κ2) is 4.66. The van der Waals surface area contributed by atoms with E-state index in [1.807, 2.05) is 42.5 Å². The van der Waals surface area contributed by atoms with E-state index in [0.717, 1.165) is 16.5 Å². The second-order valence-corrected chi connectivity index (χ2v) is 4.46.